The zero-order chi connectivity index (χ0) is 27.3. The van der Waals surface area contributed by atoms with Gasteiger partial charge in [0.05, 0.1) is 10.6 Å². The summed E-state index contributed by atoms with van der Waals surface area (Å²) in [6.45, 7) is 8.22. The fourth-order valence-corrected chi connectivity index (χ4v) is 5.37. The van der Waals surface area contributed by atoms with Crippen molar-refractivity contribution < 1.29 is 18.7 Å². The number of likely N-dealkylation sites (N-methyl/N-ethyl adjacent to an activating group) is 1. The molecule has 0 unspecified atom stereocenters. The average Bonchev–Trinajstić information content (AvgIpc) is 2.84. The lowest BCUT2D eigenvalue weighted by Crippen LogP contribution is -2.58. The Morgan fingerprint density at radius 2 is 1.87 bits per heavy atom. The molecular formula is C28H33ClF2N6O2. The number of piperazine rings is 1. The first-order chi connectivity index (χ1) is 18.1. The van der Waals surface area contributed by atoms with Crippen LogP contribution < -0.4 is 9.80 Å². The molecule has 2 fully saturated rings. The van der Waals surface area contributed by atoms with E-state index >= 15 is 4.39 Å². The van der Waals surface area contributed by atoms with E-state index in [1.807, 2.05) is 30.8 Å². The summed E-state index contributed by atoms with van der Waals surface area (Å²) < 4.78 is 31.0. The van der Waals surface area contributed by atoms with Crippen LogP contribution in [0.1, 0.15) is 14.4 Å². The molecule has 2 aromatic carbocycles. The van der Waals surface area contributed by atoms with Crippen LogP contribution in [0.5, 0.6) is 5.75 Å². The van der Waals surface area contributed by atoms with Crippen molar-refractivity contribution in [1.29, 1.82) is 0 Å². The summed E-state index contributed by atoms with van der Waals surface area (Å²) in [6.07, 6.45) is 1.30. The number of phenols is 1. The Labute approximate surface area is 232 Å². The molecule has 1 amide bonds. The number of hydrogen-bond acceptors (Lipinski definition) is 7. The van der Waals surface area contributed by atoms with Crippen molar-refractivity contribution in [2.45, 2.75) is 26.4 Å². The topological polar surface area (TPSA) is 76.0 Å². The van der Waals surface area contributed by atoms with Crippen molar-refractivity contribution in [3.63, 3.8) is 0 Å². The number of benzene rings is 2. The van der Waals surface area contributed by atoms with E-state index in [4.69, 9.17) is 16.6 Å². The van der Waals surface area contributed by atoms with Gasteiger partial charge in [0.15, 0.2) is 5.82 Å². The normalized spacial score (nSPS) is 17.8. The lowest BCUT2D eigenvalue weighted by molar-refractivity contribution is -0.128. The van der Waals surface area contributed by atoms with Crippen molar-refractivity contribution in [2.24, 2.45) is 0 Å². The number of aromatic hydroxyl groups is 1. The van der Waals surface area contributed by atoms with Crippen molar-refractivity contribution in [3.8, 4) is 16.9 Å². The maximum absolute atomic E-state index is 16.2. The van der Waals surface area contributed by atoms with E-state index in [0.29, 0.717) is 55.9 Å². The van der Waals surface area contributed by atoms with Gasteiger partial charge in [0.25, 0.3) is 0 Å². The number of aromatic nitrogens is 2. The van der Waals surface area contributed by atoms with E-state index in [0.717, 1.165) is 6.07 Å². The average molecular weight is 559 g/mol. The molecule has 39 heavy (non-hydrogen) atoms. The SMILES string of the molecule is C.C=CC(=O)N1CCN(c2nc(N3CC(N(C)C)C3)nc3c(F)c(-c4c(O)cccc4F)c(Cl)cc23)C[C@@H]1C. The second kappa shape index (κ2) is 10.9. The van der Waals surface area contributed by atoms with Gasteiger partial charge in [-0.15, -0.1) is 0 Å². The molecule has 0 radical (unpaired) electrons. The maximum Gasteiger partial charge on any atom is 0.246 e. The molecule has 208 valence electrons. The van der Waals surface area contributed by atoms with Gasteiger partial charge in [-0.05, 0) is 45.3 Å². The minimum absolute atomic E-state index is 0. The first-order valence-corrected chi connectivity index (χ1v) is 12.8. The molecule has 2 aliphatic rings. The molecule has 2 saturated heterocycles. The smallest absolute Gasteiger partial charge is 0.246 e. The van der Waals surface area contributed by atoms with Gasteiger partial charge in [-0.1, -0.05) is 31.7 Å². The number of carbonyl (C=O) groups is 1. The molecule has 0 saturated carbocycles. The maximum atomic E-state index is 16.2. The van der Waals surface area contributed by atoms with Gasteiger partial charge in [0, 0.05) is 55.8 Å². The summed E-state index contributed by atoms with van der Waals surface area (Å²) in [4.78, 5) is 29.4. The monoisotopic (exact) mass is 558 g/mol. The van der Waals surface area contributed by atoms with Crippen molar-refractivity contribution in [3.05, 3.63) is 53.6 Å². The van der Waals surface area contributed by atoms with Crippen LogP contribution in [0.3, 0.4) is 0 Å². The van der Waals surface area contributed by atoms with Gasteiger partial charge in [-0.25, -0.2) is 13.8 Å². The van der Waals surface area contributed by atoms with Crippen LogP contribution in [-0.4, -0.2) is 89.7 Å². The van der Waals surface area contributed by atoms with Gasteiger partial charge < -0.3 is 24.7 Å². The number of anilines is 2. The van der Waals surface area contributed by atoms with Gasteiger partial charge >= 0.3 is 0 Å². The predicted molar refractivity (Wildman–Crippen MR) is 152 cm³/mol. The zero-order valence-electron chi connectivity index (χ0n) is 21.5. The zero-order valence-corrected chi connectivity index (χ0v) is 22.2. The number of amides is 1. The fraction of sp³-hybridized carbons (Fsp3) is 0.393. The summed E-state index contributed by atoms with van der Waals surface area (Å²) in [7, 11) is 3.99. The molecule has 8 nitrogen and oxygen atoms in total. The number of nitrogens with zero attached hydrogens (tertiary/aromatic N) is 6. The van der Waals surface area contributed by atoms with E-state index in [9.17, 15) is 14.3 Å². The Hall–Kier alpha value is -3.50. The van der Waals surface area contributed by atoms with Gasteiger partial charge in [-0.2, -0.15) is 4.98 Å². The third-order valence-corrected chi connectivity index (χ3v) is 7.65. The summed E-state index contributed by atoms with van der Waals surface area (Å²) in [5.74, 6) is -1.37. The first-order valence-electron chi connectivity index (χ1n) is 12.4. The Balaban J connectivity index is 0.00000353. The van der Waals surface area contributed by atoms with E-state index < -0.39 is 17.4 Å². The minimum Gasteiger partial charge on any atom is -0.507 e. The third kappa shape index (κ3) is 4.98. The lowest BCUT2D eigenvalue weighted by atomic mass is 10.0. The van der Waals surface area contributed by atoms with Crippen LogP contribution in [0.2, 0.25) is 5.02 Å². The van der Waals surface area contributed by atoms with Crippen LogP contribution >= 0.6 is 11.6 Å². The number of phenolic OH excluding ortho intramolecular Hbond substituents is 1. The summed E-state index contributed by atoms with van der Waals surface area (Å²) in [5, 5.41) is 10.7. The lowest BCUT2D eigenvalue weighted by Gasteiger charge is -2.43. The number of fused-ring (bicyclic) bond motifs is 1. The summed E-state index contributed by atoms with van der Waals surface area (Å²) >= 11 is 6.53. The number of halogens is 3. The minimum atomic E-state index is -0.837. The first kappa shape index (κ1) is 28.5. The molecule has 5 rings (SSSR count). The molecule has 3 aromatic rings. The third-order valence-electron chi connectivity index (χ3n) is 7.35. The highest BCUT2D eigenvalue weighted by atomic mass is 35.5. The Morgan fingerprint density at radius 3 is 2.49 bits per heavy atom. The molecule has 2 aliphatic heterocycles. The Morgan fingerprint density at radius 1 is 1.15 bits per heavy atom. The summed E-state index contributed by atoms with van der Waals surface area (Å²) in [5.41, 5.74) is -0.590. The molecule has 0 spiro atoms. The highest BCUT2D eigenvalue weighted by Crippen LogP contribution is 2.43. The molecule has 1 atom stereocenters. The molecule has 1 aromatic heterocycles. The second-order valence-corrected chi connectivity index (χ2v) is 10.4. The fourth-order valence-electron chi connectivity index (χ4n) is 5.08. The highest BCUT2D eigenvalue weighted by Gasteiger charge is 2.34. The number of rotatable bonds is 5. The van der Waals surface area contributed by atoms with Crippen LogP contribution in [-0.2, 0) is 4.79 Å². The highest BCUT2D eigenvalue weighted by molar-refractivity contribution is 6.34. The van der Waals surface area contributed by atoms with E-state index in [1.165, 1.54) is 24.3 Å². The van der Waals surface area contributed by atoms with Crippen molar-refractivity contribution in [2.75, 3.05) is 56.6 Å². The van der Waals surface area contributed by atoms with Gasteiger partial charge in [0.1, 0.15) is 22.9 Å². The Bertz CT molecular complexity index is 1410. The number of hydrogen-bond donors (Lipinski definition) is 1. The predicted octanol–water partition coefficient (Wildman–Crippen LogP) is 4.54. The van der Waals surface area contributed by atoms with E-state index in [-0.39, 0.29) is 41.0 Å². The van der Waals surface area contributed by atoms with E-state index in [1.54, 1.807) is 4.90 Å². The van der Waals surface area contributed by atoms with Crippen LogP contribution in [0.15, 0.2) is 36.9 Å². The molecular weight excluding hydrogens is 526 g/mol. The standard InChI is InChI=1S/C27H29ClF2N6O2.CH4/c1-5-21(38)36-10-9-34(12-15(36)2)26-17-11-18(28)22(23-19(29)7-6-8-20(23)37)24(30)25(17)31-27(32-26)35-13-16(14-35)33(3)4;/h5-8,11,15-16,37H,1,9-10,12-14H2,2-4H3;1H4/t15-;/m0./s1. The van der Waals surface area contributed by atoms with Crippen LogP contribution in [0, 0.1) is 11.6 Å². The second-order valence-electron chi connectivity index (χ2n) is 9.98. The van der Waals surface area contributed by atoms with Gasteiger partial charge in [-0.3, -0.25) is 4.79 Å². The molecule has 11 heteroatoms. The quantitative estimate of drug-likeness (QED) is 0.461. The van der Waals surface area contributed by atoms with E-state index in [2.05, 4.69) is 16.5 Å². The van der Waals surface area contributed by atoms with Crippen molar-refractivity contribution >= 4 is 40.2 Å². The molecule has 1 N–H and O–H groups in total. The van der Waals surface area contributed by atoms with Crippen molar-refractivity contribution in [1.82, 2.24) is 19.8 Å². The number of carbonyl (C=O) groups excluding carboxylic acids is 1. The molecule has 3 heterocycles. The molecule has 0 aliphatic carbocycles. The molecule has 0 bridgehead atoms. The summed E-state index contributed by atoms with van der Waals surface area (Å²) in [6, 6.07) is 5.45. The van der Waals surface area contributed by atoms with Crippen LogP contribution in [0.4, 0.5) is 20.5 Å². The van der Waals surface area contributed by atoms with Gasteiger partial charge in [0.2, 0.25) is 11.9 Å². The van der Waals surface area contributed by atoms with Crippen LogP contribution in [0.25, 0.3) is 22.0 Å². The Kier molecular flexibility index (Phi) is 7.99. The largest absolute Gasteiger partial charge is 0.507 e.